The van der Waals surface area contributed by atoms with Gasteiger partial charge in [-0.3, -0.25) is 0 Å². The van der Waals surface area contributed by atoms with Crippen LogP contribution < -0.4 is 10.6 Å². The van der Waals surface area contributed by atoms with E-state index in [1.165, 1.54) is 0 Å². The van der Waals surface area contributed by atoms with Crippen molar-refractivity contribution in [3.63, 3.8) is 0 Å². The normalized spacial score (nSPS) is 10.4. The Morgan fingerprint density at radius 1 is 1.38 bits per heavy atom. The van der Waals surface area contributed by atoms with E-state index in [2.05, 4.69) is 4.98 Å². The fourth-order valence-electron chi connectivity index (χ4n) is 1.31. The first-order valence-electron chi connectivity index (χ1n) is 4.76. The van der Waals surface area contributed by atoms with Crippen molar-refractivity contribution in [2.75, 3.05) is 24.7 Å². The monoisotopic (exact) mass is 253 g/mol. The molecule has 84 valence electrons. The summed E-state index contributed by atoms with van der Waals surface area (Å²) < 4.78 is 0. The Bertz CT molecular complexity index is 508. The summed E-state index contributed by atoms with van der Waals surface area (Å²) in [6.45, 7) is 0. The molecule has 1 aromatic heterocycles. The number of nitrogens with zero attached hydrogens (tertiary/aromatic N) is 2. The van der Waals surface area contributed by atoms with Crippen LogP contribution in [0.15, 0.2) is 23.6 Å². The summed E-state index contributed by atoms with van der Waals surface area (Å²) >= 11 is 7.48. The summed E-state index contributed by atoms with van der Waals surface area (Å²) in [6, 6.07) is 5.56. The molecule has 0 unspecified atom stereocenters. The number of anilines is 2. The predicted molar refractivity (Wildman–Crippen MR) is 71.3 cm³/mol. The summed E-state index contributed by atoms with van der Waals surface area (Å²) in [6.07, 6.45) is 0. The lowest BCUT2D eigenvalue weighted by atomic mass is 10.1. The van der Waals surface area contributed by atoms with Gasteiger partial charge >= 0.3 is 0 Å². The van der Waals surface area contributed by atoms with E-state index in [0.29, 0.717) is 10.7 Å². The number of nitrogens with two attached hydrogens (primary N) is 1. The zero-order valence-corrected chi connectivity index (χ0v) is 10.6. The molecule has 0 aliphatic rings. The topological polar surface area (TPSA) is 42.2 Å². The number of hydrogen-bond donors (Lipinski definition) is 1. The van der Waals surface area contributed by atoms with Gasteiger partial charge in [-0.05, 0) is 12.1 Å². The summed E-state index contributed by atoms with van der Waals surface area (Å²) in [7, 11) is 3.94. The Labute approximate surface area is 103 Å². The first-order chi connectivity index (χ1) is 7.58. The molecule has 2 N–H and O–H groups in total. The molecule has 2 aromatic rings. The molecule has 0 radical (unpaired) electrons. The number of aromatic nitrogens is 1. The summed E-state index contributed by atoms with van der Waals surface area (Å²) in [5.74, 6) is 0. The van der Waals surface area contributed by atoms with Gasteiger partial charge in [-0.1, -0.05) is 17.7 Å². The Kier molecular flexibility index (Phi) is 3.03. The zero-order valence-electron chi connectivity index (χ0n) is 9.07. The van der Waals surface area contributed by atoms with Crippen LogP contribution in [0, 0.1) is 0 Å². The quantitative estimate of drug-likeness (QED) is 0.837. The molecule has 0 aliphatic carbocycles. The minimum absolute atomic E-state index is 0.576. The molecule has 5 heteroatoms. The standard InChI is InChI=1S/C11H12ClN3S/c1-15(2)11-14-10(6-16-11)7-3-4-8(12)9(13)5-7/h3-6H,13H2,1-2H3. The number of rotatable bonds is 2. The Morgan fingerprint density at radius 3 is 2.69 bits per heavy atom. The largest absolute Gasteiger partial charge is 0.398 e. The lowest BCUT2D eigenvalue weighted by molar-refractivity contribution is 1.11. The third-order valence-electron chi connectivity index (χ3n) is 2.17. The minimum Gasteiger partial charge on any atom is -0.398 e. The van der Waals surface area contributed by atoms with Crippen LogP contribution >= 0.6 is 22.9 Å². The molecular weight excluding hydrogens is 242 g/mol. The molecule has 1 aromatic carbocycles. The number of hydrogen-bond acceptors (Lipinski definition) is 4. The zero-order chi connectivity index (χ0) is 11.7. The van der Waals surface area contributed by atoms with E-state index in [1.54, 1.807) is 17.4 Å². The van der Waals surface area contributed by atoms with Crippen molar-refractivity contribution < 1.29 is 0 Å². The SMILES string of the molecule is CN(C)c1nc(-c2ccc(Cl)c(N)c2)cs1. The summed E-state index contributed by atoms with van der Waals surface area (Å²) in [5.41, 5.74) is 8.26. The van der Waals surface area contributed by atoms with E-state index in [0.717, 1.165) is 16.4 Å². The second-order valence-corrected chi connectivity index (χ2v) is 4.89. The first-order valence-corrected chi connectivity index (χ1v) is 6.02. The molecule has 16 heavy (non-hydrogen) atoms. The molecule has 0 saturated carbocycles. The third-order valence-corrected chi connectivity index (χ3v) is 3.52. The van der Waals surface area contributed by atoms with Gasteiger partial charge in [-0.25, -0.2) is 4.98 Å². The van der Waals surface area contributed by atoms with Crippen molar-refractivity contribution in [2.24, 2.45) is 0 Å². The molecule has 0 spiro atoms. The van der Waals surface area contributed by atoms with Gasteiger partial charge in [0, 0.05) is 25.0 Å². The van der Waals surface area contributed by atoms with E-state index in [1.807, 2.05) is 36.5 Å². The number of halogens is 1. The molecule has 0 atom stereocenters. The van der Waals surface area contributed by atoms with Crippen molar-refractivity contribution in [1.82, 2.24) is 4.98 Å². The van der Waals surface area contributed by atoms with Crippen molar-refractivity contribution in [2.45, 2.75) is 0 Å². The van der Waals surface area contributed by atoms with Gasteiger partial charge < -0.3 is 10.6 Å². The fourth-order valence-corrected chi connectivity index (χ4v) is 2.19. The van der Waals surface area contributed by atoms with Crippen LogP contribution in [0.2, 0.25) is 5.02 Å². The smallest absolute Gasteiger partial charge is 0.185 e. The van der Waals surface area contributed by atoms with Gasteiger partial charge in [0.25, 0.3) is 0 Å². The molecule has 0 saturated heterocycles. The summed E-state index contributed by atoms with van der Waals surface area (Å²) in [5, 5.41) is 3.56. The van der Waals surface area contributed by atoms with Gasteiger partial charge in [0.2, 0.25) is 0 Å². The van der Waals surface area contributed by atoms with Crippen molar-refractivity contribution >= 4 is 33.8 Å². The van der Waals surface area contributed by atoms with Gasteiger partial charge in [0.1, 0.15) is 0 Å². The van der Waals surface area contributed by atoms with Crippen molar-refractivity contribution in [3.05, 3.63) is 28.6 Å². The average molecular weight is 254 g/mol. The van der Waals surface area contributed by atoms with Crippen molar-refractivity contribution in [1.29, 1.82) is 0 Å². The molecule has 2 rings (SSSR count). The third kappa shape index (κ3) is 2.13. The van der Waals surface area contributed by atoms with E-state index in [-0.39, 0.29) is 0 Å². The molecule has 0 bridgehead atoms. The summed E-state index contributed by atoms with van der Waals surface area (Å²) in [4.78, 5) is 6.48. The van der Waals surface area contributed by atoms with Crippen LogP contribution in [-0.2, 0) is 0 Å². The van der Waals surface area contributed by atoms with E-state index < -0.39 is 0 Å². The van der Waals surface area contributed by atoms with Gasteiger partial charge in [0.15, 0.2) is 5.13 Å². The van der Waals surface area contributed by atoms with Crippen LogP contribution in [-0.4, -0.2) is 19.1 Å². The van der Waals surface area contributed by atoms with E-state index >= 15 is 0 Å². The van der Waals surface area contributed by atoms with E-state index in [9.17, 15) is 0 Å². The highest BCUT2D eigenvalue weighted by Crippen LogP contribution is 2.29. The predicted octanol–water partition coefficient (Wildman–Crippen LogP) is 3.11. The second-order valence-electron chi connectivity index (χ2n) is 3.65. The van der Waals surface area contributed by atoms with Crippen LogP contribution in [0.4, 0.5) is 10.8 Å². The molecule has 0 amide bonds. The fraction of sp³-hybridized carbons (Fsp3) is 0.182. The van der Waals surface area contributed by atoms with Gasteiger partial charge in [0.05, 0.1) is 16.4 Å². The maximum atomic E-state index is 5.87. The number of thiazole rings is 1. The molecule has 0 fully saturated rings. The maximum absolute atomic E-state index is 5.87. The molecule has 1 heterocycles. The maximum Gasteiger partial charge on any atom is 0.185 e. The Hall–Kier alpha value is -1.26. The Morgan fingerprint density at radius 2 is 2.12 bits per heavy atom. The van der Waals surface area contributed by atoms with Crippen LogP contribution in [0.5, 0.6) is 0 Å². The van der Waals surface area contributed by atoms with Crippen molar-refractivity contribution in [3.8, 4) is 11.3 Å². The van der Waals surface area contributed by atoms with E-state index in [4.69, 9.17) is 17.3 Å². The van der Waals surface area contributed by atoms with Crippen LogP contribution in [0.1, 0.15) is 0 Å². The molecule has 3 nitrogen and oxygen atoms in total. The molecular formula is C11H12ClN3S. The highest BCUT2D eigenvalue weighted by atomic mass is 35.5. The van der Waals surface area contributed by atoms with Crippen LogP contribution in [0.25, 0.3) is 11.3 Å². The highest BCUT2D eigenvalue weighted by molar-refractivity contribution is 7.14. The number of nitrogen functional groups attached to an aromatic ring is 1. The average Bonchev–Trinajstić information content (AvgIpc) is 2.71. The lowest BCUT2D eigenvalue weighted by Crippen LogP contribution is -2.07. The second kappa shape index (κ2) is 4.31. The van der Waals surface area contributed by atoms with Gasteiger partial charge in [-0.15, -0.1) is 11.3 Å². The minimum atomic E-state index is 0.576. The van der Waals surface area contributed by atoms with Gasteiger partial charge in [-0.2, -0.15) is 0 Å². The molecule has 0 aliphatic heterocycles. The lowest BCUT2D eigenvalue weighted by Gasteiger charge is -2.05. The van der Waals surface area contributed by atoms with Crippen LogP contribution in [0.3, 0.4) is 0 Å². The first kappa shape index (κ1) is 11.2. The Balaban J connectivity index is 2.39. The number of benzene rings is 1. The highest BCUT2D eigenvalue weighted by Gasteiger charge is 2.07.